The van der Waals surface area contributed by atoms with E-state index in [4.69, 9.17) is 11.6 Å². The van der Waals surface area contributed by atoms with Gasteiger partial charge in [0.25, 0.3) is 0 Å². The van der Waals surface area contributed by atoms with E-state index in [2.05, 4.69) is 14.8 Å². The molecule has 1 aliphatic heterocycles. The summed E-state index contributed by atoms with van der Waals surface area (Å²) >= 11 is 0. The quantitative estimate of drug-likeness (QED) is 0.252. The van der Waals surface area contributed by atoms with E-state index in [1.165, 1.54) is 38.3 Å². The second kappa shape index (κ2) is 9.59. The summed E-state index contributed by atoms with van der Waals surface area (Å²) in [5.74, 6) is 4.45. The maximum atomic E-state index is 14.4. The summed E-state index contributed by atoms with van der Waals surface area (Å²) < 4.78 is 55.6. The third-order valence-corrected chi connectivity index (χ3v) is 4.51. The Morgan fingerprint density at radius 2 is 2.07 bits per heavy atom. The molecule has 1 unspecified atom stereocenters. The van der Waals surface area contributed by atoms with Gasteiger partial charge in [0.2, 0.25) is 5.91 Å². The second-order valence-corrected chi connectivity index (χ2v) is 6.83. The number of halogens is 4. The predicted molar refractivity (Wildman–Crippen MR) is 105 cm³/mol. The Morgan fingerprint density at radius 1 is 1.37 bits per heavy atom. The molecule has 1 amide bonds. The van der Waals surface area contributed by atoms with E-state index >= 15 is 0 Å². The molecule has 1 aliphatic rings. The summed E-state index contributed by atoms with van der Waals surface area (Å²) in [6.45, 7) is 3.13. The Kier molecular flexibility index (Phi) is 7.41. The molecular weight excluding hydrogens is 406 g/mol. The monoisotopic (exact) mass is 429 g/mol. The third kappa shape index (κ3) is 6.46. The van der Waals surface area contributed by atoms with Crippen molar-refractivity contribution in [3.05, 3.63) is 35.4 Å². The van der Waals surface area contributed by atoms with Crippen molar-refractivity contribution in [2.24, 2.45) is 27.6 Å². The number of nitrogens with two attached hydrogens (primary N) is 2. The Balaban J connectivity index is 2.13. The average Bonchev–Trinajstić information content (AvgIpc) is 2.65. The minimum atomic E-state index is -4.79. The van der Waals surface area contributed by atoms with Crippen molar-refractivity contribution >= 4 is 23.7 Å². The molecule has 164 valence electrons. The van der Waals surface area contributed by atoms with E-state index in [1.807, 2.05) is 0 Å². The largest absolute Gasteiger partial charge is 0.573 e. The van der Waals surface area contributed by atoms with Crippen LogP contribution in [0.1, 0.15) is 24.5 Å². The van der Waals surface area contributed by atoms with Crippen LogP contribution in [0.15, 0.2) is 34.4 Å². The number of amides is 1. The Labute approximate surface area is 171 Å². The molecule has 0 radical (unpaired) electrons. The molecule has 7 nitrogen and oxygen atoms in total. The van der Waals surface area contributed by atoms with Crippen LogP contribution in [0.2, 0.25) is 0 Å². The van der Waals surface area contributed by atoms with E-state index < -0.39 is 24.4 Å². The number of aryl methyl sites for hydroxylation is 1. The standard InChI is InChI=1S/C19H23F4N5O2/c1-11-7-13(3-4-17(11)30-19(21,22)23)16(24)8-18(27-25)28-6-5-14(15(20)10-28)9-26-12(2)29/h3-4,7-9,14-15H,5-6,10,24-25H2,1-2H3/b16-8-,26-9?,27-18+/t14?,15-/m0/s1. The van der Waals surface area contributed by atoms with E-state index in [9.17, 15) is 22.4 Å². The van der Waals surface area contributed by atoms with Crippen molar-refractivity contribution in [2.75, 3.05) is 13.1 Å². The number of alkyl halides is 4. The number of piperidine rings is 1. The smallest absolute Gasteiger partial charge is 0.406 e. The molecule has 1 aromatic carbocycles. The van der Waals surface area contributed by atoms with Crippen LogP contribution in [0, 0.1) is 12.8 Å². The van der Waals surface area contributed by atoms with Gasteiger partial charge in [0.1, 0.15) is 17.8 Å². The highest BCUT2D eigenvalue weighted by Gasteiger charge is 2.32. The first kappa shape index (κ1) is 23.2. The summed E-state index contributed by atoms with van der Waals surface area (Å²) in [5.41, 5.74) is 6.91. The zero-order valence-corrected chi connectivity index (χ0v) is 16.5. The molecule has 30 heavy (non-hydrogen) atoms. The van der Waals surface area contributed by atoms with Gasteiger partial charge in [-0.3, -0.25) is 4.79 Å². The molecule has 0 aromatic heterocycles. The van der Waals surface area contributed by atoms with Gasteiger partial charge in [-0.2, -0.15) is 5.10 Å². The molecule has 1 aromatic rings. The number of aliphatic imine (C=N–C) groups is 1. The minimum Gasteiger partial charge on any atom is -0.406 e. The molecule has 1 fully saturated rings. The number of hydrazone groups is 1. The summed E-state index contributed by atoms with van der Waals surface area (Å²) in [5, 5.41) is 3.66. The normalized spacial score (nSPS) is 21.2. The lowest BCUT2D eigenvalue weighted by atomic mass is 9.96. The Hall–Kier alpha value is -3.11. The average molecular weight is 429 g/mol. The van der Waals surface area contributed by atoms with Crippen molar-refractivity contribution in [1.29, 1.82) is 0 Å². The van der Waals surface area contributed by atoms with Gasteiger partial charge in [0, 0.05) is 37.4 Å². The number of benzene rings is 1. The zero-order chi connectivity index (χ0) is 22.5. The fraction of sp³-hybridized carbons (Fsp3) is 0.421. The van der Waals surface area contributed by atoms with Gasteiger partial charge < -0.3 is 21.2 Å². The van der Waals surface area contributed by atoms with Crippen molar-refractivity contribution in [3.63, 3.8) is 0 Å². The van der Waals surface area contributed by atoms with E-state index in [0.717, 1.165) is 6.07 Å². The lowest BCUT2D eigenvalue weighted by Gasteiger charge is -2.34. The van der Waals surface area contributed by atoms with Gasteiger partial charge in [0.15, 0.2) is 0 Å². The highest BCUT2D eigenvalue weighted by Crippen LogP contribution is 2.28. The molecule has 4 N–H and O–H groups in total. The van der Waals surface area contributed by atoms with Gasteiger partial charge in [-0.05, 0) is 42.7 Å². The number of likely N-dealkylation sites (tertiary alicyclic amines) is 1. The summed E-state index contributed by atoms with van der Waals surface area (Å²) in [7, 11) is 0. The van der Waals surface area contributed by atoms with Crippen LogP contribution in [0.25, 0.3) is 5.70 Å². The van der Waals surface area contributed by atoms with Gasteiger partial charge >= 0.3 is 6.36 Å². The first-order valence-electron chi connectivity index (χ1n) is 9.05. The lowest BCUT2D eigenvalue weighted by molar-refractivity contribution is -0.274. The molecule has 11 heteroatoms. The number of carbonyl (C=O) groups is 1. The topological polar surface area (TPSA) is 106 Å². The second-order valence-electron chi connectivity index (χ2n) is 6.83. The summed E-state index contributed by atoms with van der Waals surface area (Å²) in [4.78, 5) is 16.2. The van der Waals surface area contributed by atoms with Gasteiger partial charge in [-0.25, -0.2) is 9.38 Å². The number of carbonyl (C=O) groups excluding carboxylic acids is 1. The van der Waals surface area contributed by atoms with Crippen molar-refractivity contribution in [2.45, 2.75) is 32.8 Å². The molecule has 0 bridgehead atoms. The van der Waals surface area contributed by atoms with Crippen LogP contribution in [-0.4, -0.2) is 48.5 Å². The van der Waals surface area contributed by atoms with Crippen LogP contribution in [0.3, 0.4) is 0 Å². The number of amidine groups is 1. The molecule has 1 heterocycles. The van der Waals surface area contributed by atoms with Crippen LogP contribution in [0.4, 0.5) is 17.6 Å². The first-order valence-corrected chi connectivity index (χ1v) is 9.05. The van der Waals surface area contributed by atoms with Crippen molar-refractivity contribution in [1.82, 2.24) is 4.90 Å². The molecular formula is C19H23F4N5O2. The molecule has 0 saturated carbocycles. The van der Waals surface area contributed by atoms with Crippen LogP contribution < -0.4 is 16.3 Å². The minimum absolute atomic E-state index is 0.0220. The first-order chi connectivity index (χ1) is 14.0. The van der Waals surface area contributed by atoms with E-state index in [-0.39, 0.29) is 29.4 Å². The number of hydrogen-bond donors (Lipinski definition) is 2. The molecule has 0 spiro atoms. The van der Waals surface area contributed by atoms with E-state index in [1.54, 1.807) is 4.90 Å². The maximum absolute atomic E-state index is 14.4. The van der Waals surface area contributed by atoms with E-state index in [0.29, 0.717) is 18.5 Å². The van der Waals surface area contributed by atoms with Crippen LogP contribution >= 0.6 is 0 Å². The third-order valence-electron chi connectivity index (χ3n) is 4.51. The highest BCUT2D eigenvalue weighted by molar-refractivity contribution is 5.98. The van der Waals surface area contributed by atoms with Gasteiger partial charge in [0.05, 0.1) is 6.54 Å². The van der Waals surface area contributed by atoms with Gasteiger partial charge in [-0.15, -0.1) is 13.2 Å². The fourth-order valence-corrected chi connectivity index (χ4v) is 3.00. The maximum Gasteiger partial charge on any atom is 0.573 e. The Morgan fingerprint density at radius 3 is 2.60 bits per heavy atom. The highest BCUT2D eigenvalue weighted by atomic mass is 19.4. The zero-order valence-electron chi connectivity index (χ0n) is 16.5. The fourth-order valence-electron chi connectivity index (χ4n) is 3.00. The number of rotatable bonds is 4. The molecule has 0 aliphatic carbocycles. The SMILES string of the molecule is CC(=O)N=CC1CCN(C(/C=C(\N)c2ccc(OC(F)(F)F)c(C)c2)=N/N)C[C@@H]1F. The molecule has 1 saturated heterocycles. The van der Waals surface area contributed by atoms with Gasteiger partial charge in [-0.1, -0.05) is 0 Å². The van der Waals surface area contributed by atoms with Crippen LogP contribution in [0.5, 0.6) is 5.75 Å². The number of nitrogens with zero attached hydrogens (tertiary/aromatic N) is 3. The van der Waals surface area contributed by atoms with Crippen molar-refractivity contribution in [3.8, 4) is 5.75 Å². The Bertz CT molecular complexity index is 867. The summed E-state index contributed by atoms with van der Waals surface area (Å²) in [6.07, 6.45) is -2.93. The van der Waals surface area contributed by atoms with Crippen molar-refractivity contribution < 1.29 is 27.1 Å². The lowest BCUT2D eigenvalue weighted by Crippen LogP contribution is -2.45. The molecule has 2 atom stereocenters. The number of ether oxygens (including phenoxy) is 1. The summed E-state index contributed by atoms with van der Waals surface area (Å²) in [6, 6.07) is 3.97. The molecule has 2 rings (SSSR count). The van der Waals surface area contributed by atoms with Crippen LogP contribution in [-0.2, 0) is 4.79 Å². The predicted octanol–water partition coefficient (Wildman–Crippen LogP) is 2.74. The number of hydrogen-bond acceptors (Lipinski definition) is 5.